The number of hydrogen-bond acceptors (Lipinski definition) is 4. The van der Waals surface area contributed by atoms with Crippen LogP contribution in [-0.4, -0.2) is 36.3 Å². The number of thiazole rings is 1. The van der Waals surface area contributed by atoms with Crippen molar-refractivity contribution in [3.63, 3.8) is 0 Å². The third-order valence-corrected chi connectivity index (χ3v) is 8.48. The molecule has 2 aromatic carbocycles. The summed E-state index contributed by atoms with van der Waals surface area (Å²) in [6, 6.07) is 10.3. The number of halogens is 1. The van der Waals surface area contributed by atoms with Gasteiger partial charge in [-0.05, 0) is 60.7 Å². The van der Waals surface area contributed by atoms with Crippen LogP contribution >= 0.6 is 11.3 Å². The zero-order valence-corrected chi connectivity index (χ0v) is 19.2. The Morgan fingerprint density at radius 3 is 2.39 bits per heavy atom. The van der Waals surface area contributed by atoms with Crippen molar-refractivity contribution in [2.24, 2.45) is 23.9 Å². The molecule has 1 aromatic heterocycles. The number of rotatable bonds is 3. The lowest BCUT2D eigenvalue weighted by Crippen LogP contribution is -2.42. The molecule has 9 heteroatoms. The van der Waals surface area contributed by atoms with Gasteiger partial charge in [-0.25, -0.2) is 12.8 Å². The molecule has 0 N–H and O–H groups in total. The third kappa shape index (κ3) is 4.35. The Morgan fingerprint density at radius 2 is 1.74 bits per heavy atom. The molecule has 0 unspecified atom stereocenters. The number of aromatic nitrogens is 1. The van der Waals surface area contributed by atoms with Crippen molar-refractivity contribution in [3.8, 4) is 0 Å². The van der Waals surface area contributed by atoms with Gasteiger partial charge in [-0.1, -0.05) is 25.2 Å². The van der Waals surface area contributed by atoms with Gasteiger partial charge in [-0.2, -0.15) is 9.30 Å². The number of benzene rings is 2. The molecule has 1 fully saturated rings. The molecule has 4 rings (SSSR count). The third-order valence-electron chi connectivity index (χ3n) is 5.54. The lowest BCUT2D eigenvalue weighted by Gasteiger charge is -2.34. The van der Waals surface area contributed by atoms with Crippen LogP contribution in [0.2, 0.25) is 0 Å². The number of carbonyl (C=O) groups is 1. The van der Waals surface area contributed by atoms with Gasteiger partial charge in [0, 0.05) is 25.7 Å². The normalized spacial score (nSPS) is 21.0. The Morgan fingerprint density at radius 1 is 1.10 bits per heavy atom. The molecule has 1 saturated heterocycles. The number of amides is 1. The topological polar surface area (TPSA) is 71.7 Å². The summed E-state index contributed by atoms with van der Waals surface area (Å²) >= 11 is 1.22. The maximum absolute atomic E-state index is 13.5. The number of hydrogen-bond donors (Lipinski definition) is 0. The van der Waals surface area contributed by atoms with Crippen LogP contribution in [0.15, 0.2) is 52.4 Å². The van der Waals surface area contributed by atoms with Crippen LogP contribution in [0.25, 0.3) is 10.2 Å². The van der Waals surface area contributed by atoms with E-state index in [0.717, 1.165) is 11.9 Å². The molecule has 31 heavy (non-hydrogen) atoms. The summed E-state index contributed by atoms with van der Waals surface area (Å²) in [6.45, 7) is 5.13. The van der Waals surface area contributed by atoms with Gasteiger partial charge in [0.25, 0.3) is 5.91 Å². The Labute approximate surface area is 184 Å². The van der Waals surface area contributed by atoms with E-state index >= 15 is 0 Å². The standard InChI is InChI=1S/C22H24FN3O3S2/c1-14-10-15(2)13-26(12-14)31(28,29)18-7-4-16(5-8-18)21(27)24-22-25(3)19-9-6-17(23)11-20(19)30-22/h4-9,11,14-15H,10,12-13H2,1-3H3/t14-,15-/m1/s1. The van der Waals surface area contributed by atoms with Crippen LogP contribution in [0.3, 0.4) is 0 Å². The molecule has 2 atom stereocenters. The van der Waals surface area contributed by atoms with Gasteiger partial charge in [0.2, 0.25) is 10.0 Å². The highest BCUT2D eigenvalue weighted by molar-refractivity contribution is 7.89. The molecule has 1 amide bonds. The highest BCUT2D eigenvalue weighted by atomic mass is 32.2. The van der Waals surface area contributed by atoms with E-state index in [9.17, 15) is 17.6 Å². The molecular formula is C22H24FN3O3S2. The second kappa shape index (κ2) is 8.29. The zero-order valence-electron chi connectivity index (χ0n) is 17.6. The Bertz CT molecular complexity index is 1300. The average Bonchev–Trinajstić information content (AvgIpc) is 3.01. The molecule has 6 nitrogen and oxygen atoms in total. The Kier molecular flexibility index (Phi) is 5.85. The zero-order chi connectivity index (χ0) is 22.3. The Balaban J connectivity index is 1.60. The van der Waals surface area contributed by atoms with Gasteiger partial charge in [0.1, 0.15) is 5.82 Å². The monoisotopic (exact) mass is 461 g/mol. The van der Waals surface area contributed by atoms with E-state index in [1.165, 1.54) is 52.0 Å². The fraction of sp³-hybridized carbons (Fsp3) is 0.364. The van der Waals surface area contributed by atoms with Gasteiger partial charge < -0.3 is 4.57 Å². The van der Waals surface area contributed by atoms with Crippen LogP contribution in [-0.2, 0) is 17.1 Å². The van der Waals surface area contributed by atoms with Gasteiger partial charge in [-0.15, -0.1) is 0 Å². The molecule has 0 aliphatic carbocycles. The maximum Gasteiger partial charge on any atom is 0.279 e. The van der Waals surface area contributed by atoms with Crippen molar-refractivity contribution in [2.45, 2.75) is 25.2 Å². The van der Waals surface area contributed by atoms with Crippen molar-refractivity contribution in [1.29, 1.82) is 0 Å². The molecule has 1 aliphatic rings. The van der Waals surface area contributed by atoms with Crippen LogP contribution in [0.4, 0.5) is 4.39 Å². The van der Waals surface area contributed by atoms with E-state index in [1.54, 1.807) is 17.7 Å². The van der Waals surface area contributed by atoms with Gasteiger partial charge in [0.05, 0.1) is 15.1 Å². The van der Waals surface area contributed by atoms with E-state index in [2.05, 4.69) is 18.8 Å². The number of sulfonamides is 1. The van der Waals surface area contributed by atoms with E-state index in [0.29, 0.717) is 40.0 Å². The summed E-state index contributed by atoms with van der Waals surface area (Å²) in [7, 11) is -1.84. The number of aryl methyl sites for hydroxylation is 1. The molecule has 2 heterocycles. The predicted octanol–water partition coefficient (Wildman–Crippen LogP) is 3.79. The highest BCUT2D eigenvalue weighted by Crippen LogP contribution is 2.27. The van der Waals surface area contributed by atoms with Crippen molar-refractivity contribution in [3.05, 3.63) is 58.6 Å². The number of piperidine rings is 1. The summed E-state index contributed by atoms with van der Waals surface area (Å²) in [5.74, 6) is -0.198. The minimum atomic E-state index is -3.60. The van der Waals surface area contributed by atoms with Crippen LogP contribution < -0.4 is 4.80 Å². The molecular weight excluding hydrogens is 437 g/mol. The number of carbonyl (C=O) groups excluding carboxylic acids is 1. The molecule has 0 spiro atoms. The average molecular weight is 462 g/mol. The molecule has 164 valence electrons. The number of fused-ring (bicyclic) bond motifs is 1. The summed E-state index contributed by atoms with van der Waals surface area (Å²) in [5.41, 5.74) is 1.08. The number of nitrogens with zero attached hydrogens (tertiary/aromatic N) is 3. The fourth-order valence-corrected chi connectivity index (χ4v) is 6.81. The maximum atomic E-state index is 13.5. The quantitative estimate of drug-likeness (QED) is 0.596. The van der Waals surface area contributed by atoms with E-state index in [4.69, 9.17) is 0 Å². The SMILES string of the molecule is C[C@@H]1C[C@@H](C)CN(S(=O)(=O)c2ccc(C(=O)N=c3sc4cc(F)ccc4n3C)cc2)C1. The van der Waals surface area contributed by atoms with Crippen LogP contribution in [0.5, 0.6) is 0 Å². The molecule has 0 radical (unpaired) electrons. The predicted molar refractivity (Wildman–Crippen MR) is 119 cm³/mol. The molecule has 3 aromatic rings. The second-order valence-electron chi connectivity index (χ2n) is 8.27. The summed E-state index contributed by atoms with van der Waals surface area (Å²) in [4.78, 5) is 17.4. The first-order valence-corrected chi connectivity index (χ1v) is 12.3. The summed E-state index contributed by atoms with van der Waals surface area (Å²) in [5, 5.41) is 0. The minimum absolute atomic E-state index is 0.174. The van der Waals surface area contributed by atoms with Crippen LogP contribution in [0, 0.1) is 17.7 Å². The van der Waals surface area contributed by atoms with Crippen molar-refractivity contribution in [2.75, 3.05) is 13.1 Å². The summed E-state index contributed by atoms with van der Waals surface area (Å²) in [6.07, 6.45) is 1.02. The second-order valence-corrected chi connectivity index (χ2v) is 11.2. The first-order valence-electron chi connectivity index (χ1n) is 10.1. The minimum Gasteiger partial charge on any atom is -0.319 e. The lowest BCUT2D eigenvalue weighted by atomic mass is 9.94. The smallest absolute Gasteiger partial charge is 0.279 e. The van der Waals surface area contributed by atoms with E-state index in [-0.39, 0.29) is 10.7 Å². The Hall–Kier alpha value is -2.36. The van der Waals surface area contributed by atoms with E-state index < -0.39 is 15.9 Å². The fourth-order valence-electron chi connectivity index (χ4n) is 4.09. The molecule has 0 bridgehead atoms. The molecule has 0 saturated carbocycles. The largest absolute Gasteiger partial charge is 0.319 e. The highest BCUT2D eigenvalue weighted by Gasteiger charge is 2.31. The molecule has 1 aliphatic heterocycles. The first-order chi connectivity index (χ1) is 14.6. The van der Waals surface area contributed by atoms with Gasteiger partial charge >= 0.3 is 0 Å². The lowest BCUT2D eigenvalue weighted by molar-refractivity contribution is 0.0998. The van der Waals surface area contributed by atoms with Gasteiger partial charge in [-0.3, -0.25) is 4.79 Å². The van der Waals surface area contributed by atoms with Gasteiger partial charge in [0.15, 0.2) is 4.80 Å². The summed E-state index contributed by atoms with van der Waals surface area (Å²) < 4.78 is 43.4. The first kappa shape index (κ1) is 21.9. The van der Waals surface area contributed by atoms with Crippen LogP contribution in [0.1, 0.15) is 30.6 Å². The van der Waals surface area contributed by atoms with Crippen molar-refractivity contribution >= 4 is 37.5 Å². The van der Waals surface area contributed by atoms with Crippen molar-refractivity contribution < 1.29 is 17.6 Å². The van der Waals surface area contributed by atoms with E-state index in [1.807, 2.05) is 0 Å². The van der Waals surface area contributed by atoms with Crippen molar-refractivity contribution in [1.82, 2.24) is 8.87 Å².